The molecule has 0 saturated heterocycles. The van der Waals surface area contributed by atoms with E-state index in [1.54, 1.807) is 12.1 Å². The van der Waals surface area contributed by atoms with Gasteiger partial charge in [0, 0.05) is 10.4 Å². The topological polar surface area (TPSA) is 71.1 Å². The van der Waals surface area contributed by atoms with Crippen LogP contribution in [-0.2, 0) is 4.79 Å². The van der Waals surface area contributed by atoms with Crippen molar-refractivity contribution in [3.63, 3.8) is 0 Å². The molecule has 1 aromatic heterocycles. The summed E-state index contributed by atoms with van der Waals surface area (Å²) in [5.74, 6) is -0.555. The molecule has 2 rings (SSSR count). The zero-order valence-electron chi connectivity index (χ0n) is 12.2. The molecule has 110 valence electrons. The molecule has 0 fully saturated rings. The molecule has 2 N–H and O–H groups in total. The van der Waals surface area contributed by atoms with Gasteiger partial charge in [-0.25, -0.2) is 4.98 Å². The molecule has 0 unspecified atom stereocenters. The van der Waals surface area contributed by atoms with Crippen LogP contribution in [0.15, 0.2) is 24.3 Å². The lowest BCUT2D eigenvalue weighted by molar-refractivity contribution is -0.115. The first kappa shape index (κ1) is 15.2. The fourth-order valence-electron chi connectivity index (χ4n) is 1.66. The van der Waals surface area contributed by atoms with Crippen molar-refractivity contribution in [3.05, 3.63) is 46.0 Å². The first-order chi connectivity index (χ1) is 9.95. The number of hydrogen-bond acceptors (Lipinski definition) is 4. The number of benzene rings is 1. The smallest absolute Gasteiger partial charge is 0.251 e. The Morgan fingerprint density at radius 1 is 1.14 bits per heavy atom. The summed E-state index contributed by atoms with van der Waals surface area (Å²) in [5, 5.41) is 5.81. The van der Waals surface area contributed by atoms with Gasteiger partial charge in [-0.1, -0.05) is 17.7 Å². The van der Waals surface area contributed by atoms with Crippen LogP contribution in [0.5, 0.6) is 0 Å². The van der Waals surface area contributed by atoms with Crippen LogP contribution in [0.2, 0.25) is 0 Å². The van der Waals surface area contributed by atoms with Crippen molar-refractivity contribution in [1.29, 1.82) is 0 Å². The maximum absolute atomic E-state index is 11.9. The van der Waals surface area contributed by atoms with Crippen molar-refractivity contribution >= 4 is 28.3 Å². The molecule has 0 aliphatic heterocycles. The van der Waals surface area contributed by atoms with Gasteiger partial charge < -0.3 is 10.6 Å². The average molecular weight is 303 g/mol. The number of aromatic nitrogens is 1. The molecular weight excluding hydrogens is 286 g/mol. The number of nitrogens with zero attached hydrogens (tertiary/aromatic N) is 1. The highest BCUT2D eigenvalue weighted by molar-refractivity contribution is 7.15. The van der Waals surface area contributed by atoms with Crippen molar-refractivity contribution < 1.29 is 9.59 Å². The Morgan fingerprint density at radius 2 is 1.81 bits per heavy atom. The maximum atomic E-state index is 11.9. The Balaban J connectivity index is 1.86. The van der Waals surface area contributed by atoms with E-state index < -0.39 is 0 Å². The summed E-state index contributed by atoms with van der Waals surface area (Å²) in [6.45, 7) is 5.71. The molecular formula is C15H17N3O2S. The number of nitrogens with one attached hydrogen (secondary N) is 2. The molecule has 0 spiro atoms. The van der Waals surface area contributed by atoms with Gasteiger partial charge in [0.2, 0.25) is 5.91 Å². The number of rotatable bonds is 4. The molecule has 0 saturated carbocycles. The number of anilines is 1. The highest BCUT2D eigenvalue weighted by Gasteiger charge is 2.10. The van der Waals surface area contributed by atoms with E-state index in [2.05, 4.69) is 15.6 Å². The lowest BCUT2D eigenvalue weighted by atomic mass is 10.1. The van der Waals surface area contributed by atoms with Crippen molar-refractivity contribution in [3.8, 4) is 0 Å². The number of amides is 2. The summed E-state index contributed by atoms with van der Waals surface area (Å²) in [6, 6.07) is 7.18. The van der Waals surface area contributed by atoms with E-state index in [1.807, 2.05) is 32.9 Å². The summed E-state index contributed by atoms with van der Waals surface area (Å²) >= 11 is 1.42. The summed E-state index contributed by atoms with van der Waals surface area (Å²) in [4.78, 5) is 28.9. The van der Waals surface area contributed by atoms with Gasteiger partial charge in [0.15, 0.2) is 5.13 Å². The monoisotopic (exact) mass is 303 g/mol. The predicted molar refractivity (Wildman–Crippen MR) is 83.7 cm³/mol. The zero-order valence-corrected chi connectivity index (χ0v) is 13.0. The molecule has 0 aliphatic rings. The molecule has 21 heavy (non-hydrogen) atoms. The van der Waals surface area contributed by atoms with Crippen LogP contribution in [0.1, 0.15) is 26.5 Å². The van der Waals surface area contributed by atoms with Gasteiger partial charge in [0.1, 0.15) is 0 Å². The van der Waals surface area contributed by atoms with E-state index in [0.717, 1.165) is 16.1 Å². The molecule has 0 bridgehead atoms. The third-order valence-corrected chi connectivity index (χ3v) is 3.99. The van der Waals surface area contributed by atoms with Gasteiger partial charge in [-0.3, -0.25) is 9.59 Å². The minimum Gasteiger partial charge on any atom is -0.343 e. The summed E-state index contributed by atoms with van der Waals surface area (Å²) in [5.41, 5.74) is 2.52. The van der Waals surface area contributed by atoms with Crippen molar-refractivity contribution in [2.75, 3.05) is 11.9 Å². The number of hydrogen-bond donors (Lipinski definition) is 2. The van der Waals surface area contributed by atoms with Gasteiger partial charge in [-0.2, -0.15) is 0 Å². The van der Waals surface area contributed by atoms with E-state index in [1.165, 1.54) is 11.3 Å². The van der Waals surface area contributed by atoms with Crippen LogP contribution in [-0.4, -0.2) is 23.3 Å². The number of thiazole rings is 1. The second-order valence-electron chi connectivity index (χ2n) is 4.76. The highest BCUT2D eigenvalue weighted by Crippen LogP contribution is 2.20. The van der Waals surface area contributed by atoms with Crippen molar-refractivity contribution in [2.45, 2.75) is 20.8 Å². The van der Waals surface area contributed by atoms with Gasteiger partial charge in [0.05, 0.1) is 12.2 Å². The Labute approximate surface area is 127 Å². The molecule has 2 aromatic rings. The van der Waals surface area contributed by atoms with Gasteiger partial charge >= 0.3 is 0 Å². The van der Waals surface area contributed by atoms with E-state index >= 15 is 0 Å². The summed E-state index contributed by atoms with van der Waals surface area (Å²) < 4.78 is 0. The van der Waals surface area contributed by atoms with E-state index in [4.69, 9.17) is 0 Å². The zero-order chi connectivity index (χ0) is 15.4. The van der Waals surface area contributed by atoms with Crippen molar-refractivity contribution in [1.82, 2.24) is 10.3 Å². The Hall–Kier alpha value is -2.21. The summed E-state index contributed by atoms with van der Waals surface area (Å²) in [7, 11) is 0. The lowest BCUT2D eigenvalue weighted by Crippen LogP contribution is -2.32. The Morgan fingerprint density at radius 3 is 2.38 bits per heavy atom. The highest BCUT2D eigenvalue weighted by atomic mass is 32.1. The van der Waals surface area contributed by atoms with Gasteiger partial charge in [-0.05, 0) is 32.9 Å². The van der Waals surface area contributed by atoms with Gasteiger partial charge in [-0.15, -0.1) is 11.3 Å². The van der Waals surface area contributed by atoms with E-state index in [0.29, 0.717) is 10.7 Å². The SMILES string of the molecule is Cc1ccc(C(=O)NCC(=O)Nc2nc(C)c(C)s2)cc1. The molecule has 1 heterocycles. The van der Waals surface area contributed by atoms with Crippen LogP contribution < -0.4 is 10.6 Å². The first-order valence-electron chi connectivity index (χ1n) is 6.54. The molecule has 0 radical (unpaired) electrons. The standard InChI is InChI=1S/C15H17N3O2S/c1-9-4-6-12(7-5-9)14(20)16-8-13(19)18-15-17-10(2)11(3)21-15/h4-7H,8H2,1-3H3,(H,16,20)(H,17,18,19). The average Bonchev–Trinajstić information content (AvgIpc) is 2.75. The molecule has 1 aromatic carbocycles. The molecule has 5 nitrogen and oxygen atoms in total. The fraction of sp³-hybridized carbons (Fsp3) is 0.267. The Bertz CT molecular complexity index is 643. The molecule has 0 atom stereocenters. The van der Waals surface area contributed by atoms with Crippen LogP contribution >= 0.6 is 11.3 Å². The minimum absolute atomic E-state index is 0.0790. The molecule has 6 heteroatoms. The van der Waals surface area contributed by atoms with Crippen LogP contribution in [0.25, 0.3) is 0 Å². The second-order valence-corrected chi connectivity index (χ2v) is 5.96. The normalized spacial score (nSPS) is 10.2. The molecule has 0 aliphatic carbocycles. The third kappa shape index (κ3) is 4.13. The maximum Gasteiger partial charge on any atom is 0.251 e. The quantitative estimate of drug-likeness (QED) is 0.911. The summed E-state index contributed by atoms with van der Waals surface area (Å²) in [6.07, 6.45) is 0. The van der Waals surface area contributed by atoms with Gasteiger partial charge in [0.25, 0.3) is 5.91 Å². The first-order valence-corrected chi connectivity index (χ1v) is 7.36. The third-order valence-electron chi connectivity index (χ3n) is 3.00. The predicted octanol–water partition coefficient (Wildman–Crippen LogP) is 2.44. The van der Waals surface area contributed by atoms with Crippen LogP contribution in [0, 0.1) is 20.8 Å². The van der Waals surface area contributed by atoms with E-state index in [9.17, 15) is 9.59 Å². The minimum atomic E-state index is -0.288. The molecule has 2 amide bonds. The van der Waals surface area contributed by atoms with Crippen molar-refractivity contribution in [2.24, 2.45) is 0 Å². The van der Waals surface area contributed by atoms with E-state index in [-0.39, 0.29) is 18.4 Å². The van der Waals surface area contributed by atoms with Crippen LogP contribution in [0.4, 0.5) is 5.13 Å². The van der Waals surface area contributed by atoms with Crippen LogP contribution in [0.3, 0.4) is 0 Å². The largest absolute Gasteiger partial charge is 0.343 e. The second kappa shape index (κ2) is 6.49. The fourth-order valence-corrected chi connectivity index (χ4v) is 2.49. The lowest BCUT2D eigenvalue weighted by Gasteiger charge is -2.05. The number of aryl methyl sites for hydroxylation is 3. The number of carbonyl (C=O) groups excluding carboxylic acids is 2. The Kier molecular flexibility index (Phi) is 4.70. The number of carbonyl (C=O) groups is 2.